The molecule has 142 valence electrons. The highest BCUT2D eigenvalue weighted by atomic mass is 32.2. The molecule has 0 amide bonds. The standard InChI is InChI=1S/C20H19N5OS2/c1-11(27-20-24-23-18(12-6-7-12)25(20)13-8-9-13)17(26)14(10-21)19-22-15-4-2-3-5-16(15)28-19/h2-5,11-13,26H,6-9H2,1H3. The molecular weight excluding hydrogens is 390 g/mol. The fourth-order valence-corrected chi connectivity index (χ4v) is 5.23. The summed E-state index contributed by atoms with van der Waals surface area (Å²) in [6, 6.07) is 10.4. The molecule has 0 radical (unpaired) electrons. The van der Waals surface area contributed by atoms with E-state index in [0.717, 1.165) is 34.0 Å². The molecule has 3 aromatic rings. The SMILES string of the molecule is CC(Sc1nnc(C2CC2)n1C1CC1)C(O)=C(C#N)c1nc2ccccc2s1. The Morgan fingerprint density at radius 1 is 1.29 bits per heavy atom. The van der Waals surface area contributed by atoms with Crippen LogP contribution in [0.15, 0.2) is 35.2 Å². The van der Waals surface area contributed by atoms with Gasteiger partial charge in [-0.05, 0) is 44.7 Å². The van der Waals surface area contributed by atoms with Gasteiger partial charge in [-0.15, -0.1) is 21.5 Å². The number of hydrogen-bond acceptors (Lipinski definition) is 7. The molecule has 0 spiro atoms. The number of allylic oxidation sites excluding steroid dienone is 1. The van der Waals surface area contributed by atoms with E-state index in [1.807, 2.05) is 31.2 Å². The molecule has 1 N–H and O–H groups in total. The van der Waals surface area contributed by atoms with Crippen LogP contribution in [0.5, 0.6) is 0 Å². The van der Waals surface area contributed by atoms with Gasteiger partial charge in [0.15, 0.2) is 5.16 Å². The monoisotopic (exact) mass is 409 g/mol. The lowest BCUT2D eigenvalue weighted by atomic mass is 10.2. The molecule has 1 unspecified atom stereocenters. The van der Waals surface area contributed by atoms with Crippen molar-refractivity contribution in [3.63, 3.8) is 0 Å². The first-order valence-electron chi connectivity index (χ1n) is 9.46. The highest BCUT2D eigenvalue weighted by molar-refractivity contribution is 7.99. The maximum Gasteiger partial charge on any atom is 0.192 e. The van der Waals surface area contributed by atoms with Crippen molar-refractivity contribution in [3.05, 3.63) is 40.9 Å². The molecule has 8 heteroatoms. The van der Waals surface area contributed by atoms with Gasteiger partial charge in [0.2, 0.25) is 0 Å². The van der Waals surface area contributed by atoms with E-state index in [0.29, 0.717) is 17.0 Å². The minimum Gasteiger partial charge on any atom is -0.510 e. The Labute approximate surface area is 170 Å². The fourth-order valence-electron chi connectivity index (χ4n) is 3.28. The smallest absolute Gasteiger partial charge is 0.192 e. The molecule has 1 atom stereocenters. The maximum absolute atomic E-state index is 10.8. The third-order valence-corrected chi connectivity index (χ3v) is 7.21. The van der Waals surface area contributed by atoms with Crippen LogP contribution < -0.4 is 0 Å². The highest BCUT2D eigenvalue weighted by Gasteiger charge is 2.37. The van der Waals surface area contributed by atoms with Gasteiger partial charge in [0, 0.05) is 12.0 Å². The minimum absolute atomic E-state index is 0.0462. The van der Waals surface area contributed by atoms with Crippen LogP contribution in [0, 0.1) is 11.3 Å². The lowest BCUT2D eigenvalue weighted by Gasteiger charge is -2.13. The zero-order chi connectivity index (χ0) is 19.3. The van der Waals surface area contributed by atoms with E-state index < -0.39 is 0 Å². The van der Waals surface area contributed by atoms with Crippen LogP contribution in [0.2, 0.25) is 0 Å². The van der Waals surface area contributed by atoms with E-state index in [-0.39, 0.29) is 16.6 Å². The zero-order valence-electron chi connectivity index (χ0n) is 15.4. The number of nitriles is 1. The average molecular weight is 410 g/mol. The van der Waals surface area contributed by atoms with Crippen LogP contribution >= 0.6 is 23.1 Å². The quantitative estimate of drug-likeness (QED) is 0.347. The van der Waals surface area contributed by atoms with Crippen molar-refractivity contribution in [3.8, 4) is 6.07 Å². The Hall–Kier alpha value is -2.37. The number of aliphatic hydroxyl groups excluding tert-OH is 1. The maximum atomic E-state index is 10.8. The number of benzene rings is 1. The van der Waals surface area contributed by atoms with Gasteiger partial charge < -0.3 is 9.67 Å². The lowest BCUT2D eigenvalue weighted by molar-refractivity contribution is 0.402. The zero-order valence-corrected chi connectivity index (χ0v) is 17.0. The predicted octanol–water partition coefficient (Wildman–Crippen LogP) is 5.07. The number of rotatable bonds is 6. The van der Waals surface area contributed by atoms with E-state index in [9.17, 15) is 10.4 Å². The number of hydrogen-bond donors (Lipinski definition) is 1. The van der Waals surface area contributed by atoms with Crippen molar-refractivity contribution in [2.24, 2.45) is 0 Å². The minimum atomic E-state index is -0.310. The van der Waals surface area contributed by atoms with E-state index in [1.54, 1.807) is 0 Å². The van der Waals surface area contributed by atoms with Crippen molar-refractivity contribution in [2.75, 3.05) is 0 Å². The normalized spacial score (nSPS) is 18.7. The number of para-hydroxylation sites is 1. The van der Waals surface area contributed by atoms with Crippen molar-refractivity contribution < 1.29 is 5.11 Å². The van der Waals surface area contributed by atoms with Gasteiger partial charge in [-0.2, -0.15) is 5.26 Å². The summed E-state index contributed by atoms with van der Waals surface area (Å²) in [5.41, 5.74) is 1.08. The first-order chi connectivity index (χ1) is 13.7. The molecule has 0 bridgehead atoms. The molecule has 28 heavy (non-hydrogen) atoms. The van der Waals surface area contributed by atoms with Crippen LogP contribution in [0.25, 0.3) is 15.8 Å². The number of fused-ring (bicyclic) bond motifs is 1. The summed E-state index contributed by atoms with van der Waals surface area (Å²) in [6.45, 7) is 1.90. The highest BCUT2D eigenvalue weighted by Crippen LogP contribution is 2.46. The van der Waals surface area contributed by atoms with Gasteiger partial charge in [-0.25, -0.2) is 4.98 Å². The van der Waals surface area contributed by atoms with Crippen molar-refractivity contribution >= 4 is 38.9 Å². The molecule has 0 saturated heterocycles. The van der Waals surface area contributed by atoms with Gasteiger partial charge in [0.05, 0.1) is 15.5 Å². The lowest BCUT2D eigenvalue weighted by Crippen LogP contribution is -2.08. The topological polar surface area (TPSA) is 87.6 Å². The summed E-state index contributed by atoms with van der Waals surface area (Å²) in [5, 5.41) is 30.4. The predicted molar refractivity (Wildman–Crippen MR) is 110 cm³/mol. The molecule has 2 saturated carbocycles. The molecule has 2 heterocycles. The Morgan fingerprint density at radius 3 is 2.75 bits per heavy atom. The summed E-state index contributed by atoms with van der Waals surface area (Å²) < 4.78 is 3.26. The first-order valence-corrected chi connectivity index (χ1v) is 11.2. The summed E-state index contributed by atoms with van der Waals surface area (Å²) in [4.78, 5) is 4.52. The third kappa shape index (κ3) is 3.19. The van der Waals surface area contributed by atoms with Crippen LogP contribution in [-0.2, 0) is 0 Å². The summed E-state index contributed by atoms with van der Waals surface area (Å²) in [7, 11) is 0. The van der Waals surface area contributed by atoms with Crippen LogP contribution in [0.3, 0.4) is 0 Å². The number of thiazole rings is 1. The summed E-state index contributed by atoms with van der Waals surface area (Å²) in [5.74, 6) is 1.68. The van der Waals surface area contributed by atoms with Crippen LogP contribution in [0.1, 0.15) is 55.4 Å². The molecule has 0 aliphatic heterocycles. The Bertz CT molecular complexity index is 1080. The number of aromatic nitrogens is 4. The van der Waals surface area contributed by atoms with E-state index >= 15 is 0 Å². The first kappa shape index (κ1) is 17.7. The second-order valence-corrected chi connectivity index (χ2v) is 9.67. The number of nitrogens with zero attached hydrogens (tertiary/aromatic N) is 5. The molecule has 5 rings (SSSR count). The van der Waals surface area contributed by atoms with Crippen LogP contribution in [-0.4, -0.2) is 30.1 Å². The van der Waals surface area contributed by atoms with E-state index in [2.05, 4.69) is 25.8 Å². The molecule has 2 aromatic heterocycles. The van der Waals surface area contributed by atoms with Crippen molar-refractivity contribution in [1.29, 1.82) is 5.26 Å². The number of aliphatic hydroxyl groups is 1. The van der Waals surface area contributed by atoms with Crippen molar-refractivity contribution in [1.82, 2.24) is 19.7 Å². The summed E-state index contributed by atoms with van der Waals surface area (Å²) >= 11 is 2.89. The van der Waals surface area contributed by atoms with Gasteiger partial charge in [-0.3, -0.25) is 0 Å². The molecule has 1 aromatic carbocycles. The Morgan fingerprint density at radius 2 is 2.07 bits per heavy atom. The average Bonchev–Trinajstić information content (AvgIpc) is 3.63. The van der Waals surface area contributed by atoms with E-state index in [1.165, 1.54) is 35.9 Å². The largest absolute Gasteiger partial charge is 0.510 e. The fraction of sp³-hybridized carbons (Fsp3) is 0.400. The Kier molecular flexibility index (Phi) is 4.37. The van der Waals surface area contributed by atoms with Crippen LogP contribution in [0.4, 0.5) is 0 Å². The second-order valence-electron chi connectivity index (χ2n) is 7.34. The van der Waals surface area contributed by atoms with E-state index in [4.69, 9.17) is 0 Å². The molecule has 6 nitrogen and oxygen atoms in total. The Balaban J connectivity index is 1.45. The van der Waals surface area contributed by atoms with Crippen molar-refractivity contribution in [2.45, 2.75) is 55.0 Å². The molecular formula is C20H19N5OS2. The second kappa shape index (κ2) is 6.90. The van der Waals surface area contributed by atoms with Gasteiger partial charge >= 0.3 is 0 Å². The number of thioether (sulfide) groups is 1. The van der Waals surface area contributed by atoms with Gasteiger partial charge in [0.25, 0.3) is 0 Å². The molecule has 2 aliphatic carbocycles. The third-order valence-electron chi connectivity index (χ3n) is 5.09. The summed E-state index contributed by atoms with van der Waals surface area (Å²) in [6.07, 6.45) is 4.70. The molecule has 2 fully saturated rings. The van der Waals surface area contributed by atoms with Gasteiger partial charge in [0.1, 0.15) is 28.2 Å². The molecule has 2 aliphatic rings. The van der Waals surface area contributed by atoms with Gasteiger partial charge in [-0.1, -0.05) is 23.9 Å².